The van der Waals surface area contributed by atoms with Crippen LogP contribution < -0.4 is 5.43 Å². The van der Waals surface area contributed by atoms with E-state index in [1.807, 2.05) is 6.92 Å². The highest BCUT2D eigenvalue weighted by molar-refractivity contribution is 5.89. The van der Waals surface area contributed by atoms with Crippen LogP contribution in [0.1, 0.15) is 45.4 Å². The number of non-ortho nitro benzene ring substituents is 1. The molecule has 0 saturated heterocycles. The number of nitrogens with one attached hydrogen (secondary N) is 1. The summed E-state index contributed by atoms with van der Waals surface area (Å²) in [6, 6.07) is 3.46. The lowest BCUT2D eigenvalue weighted by molar-refractivity contribution is -0.388. The number of hydrogen-bond acceptors (Lipinski definition) is 6. The van der Waals surface area contributed by atoms with Gasteiger partial charge in [0.15, 0.2) is 0 Å². The van der Waals surface area contributed by atoms with Gasteiger partial charge in [-0.1, -0.05) is 0 Å². The Morgan fingerprint density at radius 2 is 1.65 bits per heavy atom. The summed E-state index contributed by atoms with van der Waals surface area (Å²) in [7, 11) is 0. The predicted octanol–water partition coefficient (Wildman–Crippen LogP) is 4.51. The molecule has 4 saturated carbocycles. The standard InChI is InChI=1S/C18H22N4O4/c1-11(18-8-12-4-13(9-18)6-14(5-12)10-18)19-20-16-7-15(21(23)24)2-3-17(16)22(25)26/h2-3,7,12-14,20H,4-6,8-10H2,1H3. The quantitative estimate of drug-likeness (QED) is 0.473. The van der Waals surface area contributed by atoms with Crippen LogP contribution in [0.25, 0.3) is 0 Å². The third-order valence-corrected chi connectivity index (χ3v) is 6.54. The summed E-state index contributed by atoms with van der Waals surface area (Å²) in [6.07, 6.45) is 7.43. The van der Waals surface area contributed by atoms with Gasteiger partial charge in [0.05, 0.1) is 9.85 Å². The average Bonchev–Trinajstić information content (AvgIpc) is 2.58. The molecule has 4 bridgehead atoms. The van der Waals surface area contributed by atoms with E-state index in [-0.39, 0.29) is 22.5 Å². The van der Waals surface area contributed by atoms with E-state index < -0.39 is 9.85 Å². The van der Waals surface area contributed by atoms with Crippen molar-refractivity contribution in [1.82, 2.24) is 0 Å². The number of benzene rings is 1. The molecular weight excluding hydrogens is 336 g/mol. The van der Waals surface area contributed by atoms with Gasteiger partial charge in [0.2, 0.25) is 0 Å². The van der Waals surface area contributed by atoms with Crippen LogP contribution in [0.15, 0.2) is 23.3 Å². The average molecular weight is 358 g/mol. The van der Waals surface area contributed by atoms with E-state index in [1.54, 1.807) is 0 Å². The van der Waals surface area contributed by atoms with Gasteiger partial charge in [-0.3, -0.25) is 25.7 Å². The van der Waals surface area contributed by atoms with Crippen molar-refractivity contribution >= 4 is 22.8 Å². The first-order valence-corrected chi connectivity index (χ1v) is 9.10. The molecule has 1 aromatic rings. The second kappa shape index (κ2) is 6.03. The number of nitro benzene ring substituents is 2. The van der Waals surface area contributed by atoms with Crippen LogP contribution in [0, 0.1) is 43.4 Å². The highest BCUT2D eigenvalue weighted by Crippen LogP contribution is 2.60. The minimum Gasteiger partial charge on any atom is -0.272 e. The number of nitro groups is 2. The zero-order valence-corrected chi connectivity index (χ0v) is 14.7. The Morgan fingerprint density at radius 3 is 2.15 bits per heavy atom. The van der Waals surface area contributed by atoms with Gasteiger partial charge in [0.25, 0.3) is 11.4 Å². The highest BCUT2D eigenvalue weighted by atomic mass is 16.6. The molecule has 4 aliphatic carbocycles. The van der Waals surface area contributed by atoms with Crippen LogP contribution in [0.5, 0.6) is 0 Å². The minimum absolute atomic E-state index is 0.0632. The lowest BCUT2D eigenvalue weighted by Crippen LogP contribution is -2.49. The number of rotatable bonds is 5. The molecule has 1 N–H and O–H groups in total. The Bertz CT molecular complexity index is 769. The van der Waals surface area contributed by atoms with Gasteiger partial charge in [-0.2, -0.15) is 5.10 Å². The Balaban J connectivity index is 1.60. The fourth-order valence-corrected chi connectivity index (χ4v) is 5.70. The van der Waals surface area contributed by atoms with E-state index in [0.29, 0.717) is 0 Å². The molecule has 8 nitrogen and oxygen atoms in total. The molecule has 0 amide bonds. The summed E-state index contributed by atoms with van der Waals surface area (Å²) in [5.41, 5.74) is 3.48. The molecule has 1 aromatic carbocycles. The zero-order valence-electron chi connectivity index (χ0n) is 14.7. The summed E-state index contributed by atoms with van der Waals surface area (Å²) in [5.74, 6) is 2.33. The van der Waals surface area contributed by atoms with Crippen molar-refractivity contribution in [2.75, 3.05) is 5.43 Å². The van der Waals surface area contributed by atoms with Gasteiger partial charge >= 0.3 is 0 Å². The SMILES string of the molecule is CC(=NNc1cc([N+](=O)[O-])ccc1[N+](=O)[O-])C12CC3CC(CC(C3)C1)C2. The maximum Gasteiger partial charge on any atom is 0.294 e. The van der Waals surface area contributed by atoms with E-state index >= 15 is 0 Å². The summed E-state index contributed by atoms with van der Waals surface area (Å²) in [6.45, 7) is 1.99. The number of hydrazone groups is 1. The van der Waals surface area contributed by atoms with Gasteiger partial charge in [0, 0.05) is 29.3 Å². The summed E-state index contributed by atoms with van der Waals surface area (Å²) in [5, 5.41) is 26.7. The van der Waals surface area contributed by atoms with Crippen molar-refractivity contribution in [3.63, 3.8) is 0 Å². The lowest BCUT2D eigenvalue weighted by Gasteiger charge is -2.56. The molecule has 0 atom stereocenters. The van der Waals surface area contributed by atoms with E-state index in [0.717, 1.165) is 54.9 Å². The van der Waals surface area contributed by atoms with Crippen LogP contribution in [0.4, 0.5) is 17.1 Å². The minimum atomic E-state index is -0.565. The first-order valence-electron chi connectivity index (χ1n) is 9.10. The highest BCUT2D eigenvalue weighted by Gasteiger charge is 2.52. The predicted molar refractivity (Wildman–Crippen MR) is 97.1 cm³/mol. The second-order valence-corrected chi connectivity index (χ2v) is 8.22. The third kappa shape index (κ3) is 2.83. The molecule has 0 unspecified atom stereocenters. The Hall–Kier alpha value is -2.51. The molecule has 0 heterocycles. The monoisotopic (exact) mass is 358 g/mol. The molecule has 0 radical (unpaired) electrons. The molecule has 4 fully saturated rings. The van der Waals surface area contributed by atoms with Crippen LogP contribution in [0.2, 0.25) is 0 Å². The van der Waals surface area contributed by atoms with Crippen molar-refractivity contribution in [1.29, 1.82) is 0 Å². The van der Waals surface area contributed by atoms with Crippen molar-refractivity contribution in [2.24, 2.45) is 28.3 Å². The van der Waals surface area contributed by atoms with Gasteiger partial charge in [-0.05, 0) is 63.2 Å². The maximum atomic E-state index is 11.2. The zero-order chi connectivity index (χ0) is 18.5. The largest absolute Gasteiger partial charge is 0.294 e. The van der Waals surface area contributed by atoms with Crippen molar-refractivity contribution in [3.05, 3.63) is 38.4 Å². The number of nitrogens with zero attached hydrogens (tertiary/aromatic N) is 3. The topological polar surface area (TPSA) is 111 Å². The molecule has 138 valence electrons. The molecule has 26 heavy (non-hydrogen) atoms. The van der Waals surface area contributed by atoms with Crippen LogP contribution in [-0.4, -0.2) is 15.6 Å². The van der Waals surface area contributed by atoms with Crippen LogP contribution in [-0.2, 0) is 0 Å². The number of anilines is 1. The van der Waals surface area contributed by atoms with E-state index in [2.05, 4.69) is 10.5 Å². The molecule has 0 aromatic heterocycles. The second-order valence-electron chi connectivity index (χ2n) is 8.22. The normalized spacial score (nSPS) is 32.5. The van der Waals surface area contributed by atoms with E-state index in [4.69, 9.17) is 0 Å². The van der Waals surface area contributed by atoms with Crippen LogP contribution in [0.3, 0.4) is 0 Å². The Morgan fingerprint density at radius 1 is 1.08 bits per heavy atom. The van der Waals surface area contributed by atoms with Gasteiger partial charge < -0.3 is 0 Å². The Labute approximate surface area is 151 Å². The van der Waals surface area contributed by atoms with E-state index in [9.17, 15) is 20.2 Å². The smallest absolute Gasteiger partial charge is 0.272 e. The Kier molecular flexibility index (Phi) is 3.93. The molecular formula is C18H22N4O4. The molecule has 0 aliphatic heterocycles. The summed E-state index contributed by atoms with van der Waals surface area (Å²) < 4.78 is 0. The first-order chi connectivity index (χ1) is 12.4. The van der Waals surface area contributed by atoms with Gasteiger partial charge in [-0.25, -0.2) is 0 Å². The van der Waals surface area contributed by atoms with Gasteiger partial charge in [-0.15, -0.1) is 0 Å². The molecule has 4 aliphatic rings. The van der Waals surface area contributed by atoms with E-state index in [1.165, 1.54) is 25.3 Å². The van der Waals surface area contributed by atoms with Crippen LogP contribution >= 0.6 is 0 Å². The maximum absolute atomic E-state index is 11.2. The first kappa shape index (κ1) is 16.9. The third-order valence-electron chi connectivity index (χ3n) is 6.54. The molecule has 0 spiro atoms. The number of hydrogen-bond donors (Lipinski definition) is 1. The fraction of sp³-hybridized carbons (Fsp3) is 0.611. The fourth-order valence-electron chi connectivity index (χ4n) is 5.70. The van der Waals surface area contributed by atoms with Gasteiger partial charge in [0.1, 0.15) is 5.69 Å². The summed E-state index contributed by atoms with van der Waals surface area (Å²) >= 11 is 0. The molecule has 8 heteroatoms. The van der Waals surface area contributed by atoms with Crippen molar-refractivity contribution in [3.8, 4) is 0 Å². The molecule has 5 rings (SSSR count). The summed E-state index contributed by atoms with van der Waals surface area (Å²) in [4.78, 5) is 21.1. The lowest BCUT2D eigenvalue weighted by atomic mass is 9.48. The van der Waals surface area contributed by atoms with Crippen molar-refractivity contribution in [2.45, 2.75) is 45.4 Å². The van der Waals surface area contributed by atoms with Crippen molar-refractivity contribution < 1.29 is 9.85 Å².